The van der Waals surface area contributed by atoms with Crippen LogP contribution < -0.4 is 0 Å². The van der Waals surface area contributed by atoms with Crippen LogP contribution in [0.4, 0.5) is 0 Å². The minimum atomic E-state index is -3.57. The second kappa shape index (κ2) is 17.6. The van der Waals surface area contributed by atoms with E-state index in [9.17, 15) is 19.2 Å². The maximum absolute atomic E-state index is 12.6. The molecule has 0 aliphatic heterocycles. The first-order valence-electron chi connectivity index (χ1n) is 13.0. The average molecular weight is 585 g/mol. The number of esters is 4. The van der Waals surface area contributed by atoms with Gasteiger partial charge in [0.25, 0.3) is 0 Å². The second-order valence-corrected chi connectivity index (χ2v) is 11.9. The van der Waals surface area contributed by atoms with Crippen molar-refractivity contribution in [2.24, 2.45) is 0 Å². The van der Waals surface area contributed by atoms with Crippen LogP contribution in [0.2, 0.25) is 6.04 Å². The minimum absolute atomic E-state index is 0.0301. The molecule has 0 rings (SSSR count). The van der Waals surface area contributed by atoms with Crippen LogP contribution in [0.5, 0.6) is 0 Å². The molecule has 12 heteroatoms. The summed E-state index contributed by atoms with van der Waals surface area (Å²) < 4.78 is 39.6. The summed E-state index contributed by atoms with van der Waals surface area (Å²) in [5, 5.41) is 0. The van der Waals surface area contributed by atoms with Crippen LogP contribution in [0, 0.1) is 0 Å². The summed E-state index contributed by atoms with van der Waals surface area (Å²) in [6.07, 6.45) is 0.190. The fraction of sp³-hybridized carbons (Fsp3) is 0.571. The van der Waals surface area contributed by atoms with Gasteiger partial charge in [-0.2, -0.15) is 0 Å². The summed E-state index contributed by atoms with van der Waals surface area (Å²) in [6.45, 7) is 25.8. The van der Waals surface area contributed by atoms with Crippen molar-refractivity contribution in [2.75, 3.05) is 19.8 Å². The number of ether oxygens (including phenoxy) is 4. The summed E-state index contributed by atoms with van der Waals surface area (Å²) in [6, 6.07) is -0.0833. The molecule has 0 heterocycles. The first-order chi connectivity index (χ1) is 18.5. The molecule has 0 aromatic heterocycles. The molecule has 40 heavy (non-hydrogen) atoms. The van der Waals surface area contributed by atoms with Gasteiger partial charge in [-0.1, -0.05) is 26.3 Å². The van der Waals surface area contributed by atoms with Crippen molar-refractivity contribution in [2.45, 2.75) is 85.8 Å². The number of hydrogen-bond donors (Lipinski definition) is 0. The molecule has 1 unspecified atom stereocenters. The fourth-order valence-corrected chi connectivity index (χ4v) is 5.83. The first kappa shape index (κ1) is 36.9. The Morgan fingerprint density at radius 2 is 1.12 bits per heavy atom. The quantitative estimate of drug-likeness (QED) is 0.0648. The topological polar surface area (TPSA) is 133 Å². The third-order valence-corrected chi connectivity index (χ3v) is 8.05. The van der Waals surface area contributed by atoms with Crippen molar-refractivity contribution in [3.05, 3.63) is 48.6 Å². The molecule has 0 amide bonds. The van der Waals surface area contributed by atoms with Crippen LogP contribution in [0.3, 0.4) is 0 Å². The Morgan fingerprint density at radius 1 is 0.725 bits per heavy atom. The zero-order chi connectivity index (χ0) is 31.1. The van der Waals surface area contributed by atoms with Gasteiger partial charge in [-0.15, -0.1) is 0 Å². The molecule has 0 aliphatic carbocycles. The summed E-state index contributed by atoms with van der Waals surface area (Å²) in [5.41, 5.74) is 0.214. The molecule has 0 spiro atoms. The number of rotatable bonds is 20. The summed E-state index contributed by atoms with van der Waals surface area (Å²) in [7, 11) is -3.57. The van der Waals surface area contributed by atoms with E-state index in [4.69, 9.17) is 32.2 Å². The molecular formula is C28H44O11Si. The highest BCUT2D eigenvalue weighted by atomic mass is 28.4. The zero-order valence-corrected chi connectivity index (χ0v) is 25.8. The molecule has 11 nitrogen and oxygen atoms in total. The Morgan fingerprint density at radius 3 is 1.48 bits per heavy atom. The molecule has 0 fully saturated rings. The van der Waals surface area contributed by atoms with E-state index in [0.717, 1.165) is 0 Å². The van der Waals surface area contributed by atoms with Gasteiger partial charge in [0, 0.05) is 47.7 Å². The molecular weight excluding hydrogens is 540 g/mol. The van der Waals surface area contributed by atoms with Gasteiger partial charge >= 0.3 is 38.7 Å². The van der Waals surface area contributed by atoms with E-state index in [1.165, 1.54) is 20.8 Å². The lowest BCUT2D eigenvalue weighted by molar-refractivity contribution is -0.327. The van der Waals surface area contributed by atoms with Gasteiger partial charge in [0.1, 0.15) is 0 Å². The number of carbonyl (C=O) groups is 4. The lowest BCUT2D eigenvalue weighted by atomic mass is 10.2. The molecule has 0 bridgehead atoms. The fourth-order valence-electron chi connectivity index (χ4n) is 2.98. The number of carbonyl (C=O) groups excluding carboxylic acids is 4. The molecule has 0 aliphatic rings. The van der Waals surface area contributed by atoms with Crippen molar-refractivity contribution >= 4 is 32.7 Å². The molecule has 226 valence electrons. The van der Waals surface area contributed by atoms with Crippen molar-refractivity contribution in [3.8, 4) is 0 Å². The lowest BCUT2D eigenvalue weighted by Crippen LogP contribution is -2.52. The van der Waals surface area contributed by atoms with E-state index in [0.29, 0.717) is 18.4 Å². The van der Waals surface area contributed by atoms with E-state index in [1.54, 1.807) is 27.7 Å². The van der Waals surface area contributed by atoms with Crippen molar-refractivity contribution in [1.29, 1.82) is 0 Å². The van der Waals surface area contributed by atoms with Gasteiger partial charge in [0.2, 0.25) is 0 Å². The molecule has 0 N–H and O–H groups in total. The van der Waals surface area contributed by atoms with Crippen molar-refractivity contribution in [1.82, 2.24) is 0 Å². The Bertz CT molecular complexity index is 894. The SMILES string of the molecule is C=C(C)C(=O)OCCCC(C)O[Si](CCC(OC(=O)C(=C)C)(OC(=O)C(=C)C)OC(=O)C(=C)C)(OCC)OCC. The molecule has 1 atom stereocenters. The van der Waals surface area contributed by atoms with Gasteiger partial charge in [0.15, 0.2) is 0 Å². The van der Waals surface area contributed by atoms with Gasteiger partial charge in [-0.3, -0.25) is 0 Å². The third-order valence-electron chi connectivity index (χ3n) is 4.97. The average Bonchev–Trinajstić information content (AvgIpc) is 2.85. The van der Waals surface area contributed by atoms with E-state index >= 15 is 0 Å². The van der Waals surface area contributed by atoms with Crippen LogP contribution in [-0.4, -0.2) is 64.6 Å². The summed E-state index contributed by atoms with van der Waals surface area (Å²) in [4.78, 5) is 49.3. The molecule has 0 aromatic carbocycles. The van der Waals surface area contributed by atoms with Crippen LogP contribution in [0.25, 0.3) is 0 Å². The van der Waals surface area contributed by atoms with Gasteiger partial charge < -0.3 is 32.2 Å². The van der Waals surface area contributed by atoms with E-state index in [-0.39, 0.29) is 49.0 Å². The normalized spacial score (nSPS) is 12.1. The monoisotopic (exact) mass is 584 g/mol. The highest BCUT2D eigenvalue weighted by Gasteiger charge is 2.51. The predicted octanol–water partition coefficient (Wildman–Crippen LogP) is 4.70. The van der Waals surface area contributed by atoms with Crippen LogP contribution in [-0.2, 0) is 51.4 Å². The molecule has 0 aromatic rings. The Hall–Kier alpha value is -3.06. The van der Waals surface area contributed by atoms with Crippen molar-refractivity contribution in [3.63, 3.8) is 0 Å². The Kier molecular flexibility index (Phi) is 16.2. The van der Waals surface area contributed by atoms with E-state index in [1.807, 2.05) is 0 Å². The Labute approximate surface area is 238 Å². The largest absolute Gasteiger partial charge is 0.501 e. The summed E-state index contributed by atoms with van der Waals surface area (Å²) >= 11 is 0. The van der Waals surface area contributed by atoms with Crippen LogP contribution in [0.1, 0.15) is 67.7 Å². The minimum Gasteiger partial charge on any atom is -0.462 e. The maximum atomic E-state index is 12.6. The first-order valence-corrected chi connectivity index (χ1v) is 14.9. The maximum Gasteiger partial charge on any atom is 0.501 e. The van der Waals surface area contributed by atoms with Gasteiger partial charge in [-0.05, 0) is 61.3 Å². The Balaban J connectivity index is 6.16. The molecule has 0 saturated carbocycles. The standard InChI is InChI=1S/C28H44O11Si/c1-12-34-40(35-13-2,39-23(11)15-14-17-33-24(29)19(3)4)18-16-28(36-25(30)20(5)6,37-26(31)21(7)8)38-27(32)22(9)10/h23H,3,5,7,9,12-18H2,1-2,4,6,8,10-11H3. The van der Waals surface area contributed by atoms with Gasteiger partial charge in [-0.25, -0.2) is 19.2 Å². The second-order valence-electron chi connectivity index (χ2n) is 9.23. The van der Waals surface area contributed by atoms with Crippen molar-refractivity contribution < 1.29 is 51.4 Å². The van der Waals surface area contributed by atoms with E-state index in [2.05, 4.69) is 26.3 Å². The third kappa shape index (κ3) is 13.3. The predicted molar refractivity (Wildman–Crippen MR) is 149 cm³/mol. The molecule has 0 radical (unpaired) electrons. The number of hydrogen-bond acceptors (Lipinski definition) is 11. The van der Waals surface area contributed by atoms with Crippen LogP contribution >= 0.6 is 0 Å². The van der Waals surface area contributed by atoms with E-state index < -0.39 is 44.8 Å². The highest BCUT2D eigenvalue weighted by molar-refractivity contribution is 6.60. The zero-order valence-electron chi connectivity index (χ0n) is 24.8. The smallest absolute Gasteiger partial charge is 0.462 e. The van der Waals surface area contributed by atoms with Gasteiger partial charge in [0.05, 0.1) is 13.0 Å². The lowest BCUT2D eigenvalue weighted by Gasteiger charge is -2.36. The molecule has 0 saturated heterocycles. The summed E-state index contributed by atoms with van der Waals surface area (Å²) in [5.74, 6) is -5.90. The van der Waals surface area contributed by atoms with Crippen LogP contribution in [0.15, 0.2) is 48.6 Å². The highest BCUT2D eigenvalue weighted by Crippen LogP contribution is 2.32.